The zero-order valence-corrected chi connectivity index (χ0v) is 13.0. The maximum Gasteiger partial charge on any atom is 0.231 e. The molecule has 2 aromatic carbocycles. The molecule has 0 saturated heterocycles. The fourth-order valence-electron chi connectivity index (χ4n) is 2.32. The van der Waals surface area contributed by atoms with Crippen molar-refractivity contribution in [2.24, 2.45) is 0 Å². The van der Waals surface area contributed by atoms with Gasteiger partial charge in [-0.15, -0.1) is 0 Å². The molecule has 0 unspecified atom stereocenters. The first-order valence-corrected chi connectivity index (χ1v) is 7.42. The number of ether oxygens (including phenoxy) is 2. The summed E-state index contributed by atoms with van der Waals surface area (Å²) in [6.45, 7) is 1.08. The van der Waals surface area contributed by atoms with Gasteiger partial charge in [0.1, 0.15) is 13.2 Å². The summed E-state index contributed by atoms with van der Waals surface area (Å²) in [7, 11) is 1.75. The number of carbonyl (C=O) groups is 1. The van der Waals surface area contributed by atoms with Gasteiger partial charge in [-0.25, -0.2) is 0 Å². The zero-order chi connectivity index (χ0) is 15.5. The van der Waals surface area contributed by atoms with Crippen molar-refractivity contribution in [2.45, 2.75) is 6.42 Å². The van der Waals surface area contributed by atoms with Crippen molar-refractivity contribution in [3.8, 4) is 11.5 Å². The normalized spacial score (nSPS) is 12.8. The number of nitrogens with zero attached hydrogens (tertiary/aromatic N) is 1. The molecule has 0 spiro atoms. The highest BCUT2D eigenvalue weighted by Crippen LogP contribution is 2.33. The van der Waals surface area contributed by atoms with E-state index in [-0.39, 0.29) is 5.91 Å². The summed E-state index contributed by atoms with van der Waals surface area (Å²) in [4.78, 5) is 14.0. The van der Waals surface area contributed by atoms with Gasteiger partial charge in [-0.3, -0.25) is 4.79 Å². The van der Waals surface area contributed by atoms with Crippen LogP contribution in [0.1, 0.15) is 5.56 Å². The number of hydrogen-bond donors (Lipinski definition) is 0. The Morgan fingerprint density at radius 2 is 1.91 bits per heavy atom. The number of carbonyl (C=O) groups excluding carboxylic acids is 1. The van der Waals surface area contributed by atoms with Crippen LogP contribution in [0.3, 0.4) is 0 Å². The summed E-state index contributed by atoms with van der Waals surface area (Å²) in [5, 5.41) is 0.632. The highest BCUT2D eigenvalue weighted by Gasteiger charge is 2.16. The van der Waals surface area contributed by atoms with Crippen molar-refractivity contribution in [3.05, 3.63) is 53.1 Å². The summed E-state index contributed by atoms with van der Waals surface area (Å²) in [5.74, 6) is 1.37. The summed E-state index contributed by atoms with van der Waals surface area (Å²) in [6, 6.07) is 12.8. The average Bonchev–Trinajstić information content (AvgIpc) is 2.53. The number of benzene rings is 2. The molecule has 0 fully saturated rings. The second-order valence-electron chi connectivity index (χ2n) is 5.09. The van der Waals surface area contributed by atoms with Gasteiger partial charge >= 0.3 is 0 Å². The summed E-state index contributed by atoms with van der Waals surface area (Å²) in [6.07, 6.45) is 0.297. The Morgan fingerprint density at radius 1 is 1.14 bits per heavy atom. The lowest BCUT2D eigenvalue weighted by atomic mass is 10.1. The SMILES string of the molecule is CN(C(=O)Cc1cccc(Cl)c1)c1ccc2c(c1)OCCO2. The van der Waals surface area contributed by atoms with E-state index in [9.17, 15) is 4.79 Å². The molecule has 1 aliphatic rings. The molecule has 0 radical (unpaired) electrons. The van der Waals surface area contributed by atoms with Gasteiger partial charge < -0.3 is 14.4 Å². The van der Waals surface area contributed by atoms with Crippen LogP contribution in [0.4, 0.5) is 5.69 Å². The fourth-order valence-corrected chi connectivity index (χ4v) is 2.54. The molecule has 0 saturated carbocycles. The van der Waals surface area contributed by atoms with Gasteiger partial charge in [-0.1, -0.05) is 23.7 Å². The fraction of sp³-hybridized carbons (Fsp3) is 0.235. The molecule has 0 atom stereocenters. The van der Waals surface area contributed by atoms with Gasteiger partial charge in [0, 0.05) is 23.8 Å². The van der Waals surface area contributed by atoms with Crippen LogP contribution in [0.15, 0.2) is 42.5 Å². The quantitative estimate of drug-likeness (QED) is 0.871. The largest absolute Gasteiger partial charge is 0.486 e. The van der Waals surface area contributed by atoms with E-state index < -0.39 is 0 Å². The second-order valence-corrected chi connectivity index (χ2v) is 5.52. The molecular weight excluding hydrogens is 302 g/mol. The molecule has 1 aliphatic heterocycles. The predicted octanol–water partition coefficient (Wildman–Crippen LogP) is 3.32. The van der Waals surface area contributed by atoms with Crippen LogP contribution in [0.5, 0.6) is 11.5 Å². The standard InChI is InChI=1S/C17H16ClNO3/c1-19(17(20)10-12-3-2-4-13(18)9-12)14-5-6-15-16(11-14)22-8-7-21-15/h2-6,9,11H,7-8,10H2,1H3. The van der Waals surface area contributed by atoms with Crippen LogP contribution in [-0.2, 0) is 11.2 Å². The maximum absolute atomic E-state index is 12.4. The molecule has 2 aromatic rings. The molecule has 3 rings (SSSR count). The molecule has 0 bridgehead atoms. The summed E-state index contributed by atoms with van der Waals surface area (Å²) >= 11 is 5.95. The van der Waals surface area contributed by atoms with Crippen LogP contribution < -0.4 is 14.4 Å². The van der Waals surface area contributed by atoms with Gasteiger partial charge in [-0.2, -0.15) is 0 Å². The monoisotopic (exact) mass is 317 g/mol. The first-order chi connectivity index (χ1) is 10.6. The number of rotatable bonds is 3. The van der Waals surface area contributed by atoms with E-state index in [2.05, 4.69) is 0 Å². The smallest absolute Gasteiger partial charge is 0.231 e. The number of fused-ring (bicyclic) bond motifs is 1. The Balaban J connectivity index is 1.75. The Bertz CT molecular complexity index is 702. The van der Waals surface area contributed by atoms with Crippen LogP contribution >= 0.6 is 11.6 Å². The summed E-state index contributed by atoms with van der Waals surface area (Å²) < 4.78 is 11.0. The van der Waals surface area contributed by atoms with Crippen LogP contribution in [0, 0.1) is 0 Å². The molecule has 114 valence electrons. The number of halogens is 1. The molecule has 0 aliphatic carbocycles. The second kappa shape index (κ2) is 6.28. The predicted molar refractivity (Wildman–Crippen MR) is 86.0 cm³/mol. The van der Waals surface area contributed by atoms with E-state index >= 15 is 0 Å². The van der Waals surface area contributed by atoms with Crippen molar-refractivity contribution in [3.63, 3.8) is 0 Å². The zero-order valence-electron chi connectivity index (χ0n) is 12.2. The average molecular weight is 318 g/mol. The topological polar surface area (TPSA) is 38.8 Å². The van der Waals surface area contributed by atoms with Gasteiger partial charge in [0.15, 0.2) is 11.5 Å². The van der Waals surface area contributed by atoms with Crippen molar-refractivity contribution < 1.29 is 14.3 Å². The molecule has 4 nitrogen and oxygen atoms in total. The van der Waals surface area contributed by atoms with E-state index in [1.807, 2.05) is 30.3 Å². The Labute approximate surface area is 134 Å². The highest BCUT2D eigenvalue weighted by atomic mass is 35.5. The van der Waals surface area contributed by atoms with Crippen LogP contribution in [0.25, 0.3) is 0 Å². The van der Waals surface area contributed by atoms with Crippen molar-refractivity contribution in [2.75, 3.05) is 25.2 Å². The van der Waals surface area contributed by atoms with E-state index in [0.717, 1.165) is 11.3 Å². The Hall–Kier alpha value is -2.20. The third-order valence-corrected chi connectivity index (χ3v) is 3.77. The van der Waals surface area contributed by atoms with Crippen LogP contribution in [0.2, 0.25) is 5.02 Å². The number of anilines is 1. The third kappa shape index (κ3) is 3.17. The summed E-state index contributed by atoms with van der Waals surface area (Å²) in [5.41, 5.74) is 1.66. The first kappa shape index (κ1) is 14.7. The highest BCUT2D eigenvalue weighted by molar-refractivity contribution is 6.30. The lowest BCUT2D eigenvalue weighted by Gasteiger charge is -2.22. The van der Waals surface area contributed by atoms with E-state index in [1.54, 1.807) is 24.1 Å². The molecular formula is C17H16ClNO3. The molecule has 5 heteroatoms. The van der Waals surface area contributed by atoms with E-state index in [1.165, 1.54) is 0 Å². The van der Waals surface area contributed by atoms with E-state index in [4.69, 9.17) is 21.1 Å². The molecule has 1 amide bonds. The van der Waals surface area contributed by atoms with Crippen LogP contribution in [-0.4, -0.2) is 26.2 Å². The van der Waals surface area contributed by atoms with Crippen molar-refractivity contribution in [1.82, 2.24) is 0 Å². The number of amides is 1. The molecule has 1 heterocycles. The van der Waals surface area contributed by atoms with Gasteiger partial charge in [0.05, 0.1) is 6.42 Å². The first-order valence-electron chi connectivity index (χ1n) is 7.04. The molecule has 0 N–H and O–H groups in total. The lowest BCUT2D eigenvalue weighted by Crippen LogP contribution is -2.28. The number of likely N-dealkylation sites (N-methyl/N-ethyl adjacent to an activating group) is 1. The Morgan fingerprint density at radius 3 is 2.68 bits per heavy atom. The number of hydrogen-bond acceptors (Lipinski definition) is 3. The minimum Gasteiger partial charge on any atom is -0.486 e. The Kier molecular flexibility index (Phi) is 4.20. The third-order valence-electron chi connectivity index (χ3n) is 3.53. The van der Waals surface area contributed by atoms with E-state index in [0.29, 0.717) is 36.2 Å². The molecule has 22 heavy (non-hydrogen) atoms. The van der Waals surface area contributed by atoms with Gasteiger partial charge in [0.2, 0.25) is 5.91 Å². The maximum atomic E-state index is 12.4. The lowest BCUT2D eigenvalue weighted by molar-refractivity contribution is -0.117. The minimum absolute atomic E-state index is 0.0149. The van der Waals surface area contributed by atoms with Crippen molar-refractivity contribution in [1.29, 1.82) is 0 Å². The van der Waals surface area contributed by atoms with Gasteiger partial charge in [-0.05, 0) is 29.8 Å². The minimum atomic E-state index is -0.0149. The van der Waals surface area contributed by atoms with Crippen molar-refractivity contribution >= 4 is 23.2 Å². The van der Waals surface area contributed by atoms with Gasteiger partial charge in [0.25, 0.3) is 0 Å². The molecule has 0 aromatic heterocycles.